The van der Waals surface area contributed by atoms with Crippen molar-refractivity contribution in [2.24, 2.45) is 0 Å². The highest BCUT2D eigenvalue weighted by atomic mass is 32.1. The van der Waals surface area contributed by atoms with E-state index in [0.717, 1.165) is 15.9 Å². The molecule has 0 aliphatic carbocycles. The van der Waals surface area contributed by atoms with Crippen LogP contribution in [-0.2, 0) is 15.1 Å². The van der Waals surface area contributed by atoms with E-state index in [0.29, 0.717) is 21.6 Å². The Morgan fingerprint density at radius 3 is 2.29 bits per heavy atom. The van der Waals surface area contributed by atoms with E-state index < -0.39 is 28.4 Å². The number of H-pyrrole nitrogens is 1. The largest absolute Gasteiger partial charge is 0.458 e. The number of aldehydes is 1. The van der Waals surface area contributed by atoms with Crippen molar-refractivity contribution in [1.82, 2.24) is 9.55 Å². The molecule has 0 aliphatic heterocycles. The maximum absolute atomic E-state index is 12.8. The molecule has 130 valence electrons. The van der Waals surface area contributed by atoms with Crippen LogP contribution in [0.25, 0.3) is 10.2 Å². The molecule has 8 heteroatoms. The number of hydrogen-bond acceptors (Lipinski definition) is 6. The van der Waals surface area contributed by atoms with Gasteiger partial charge in [-0.15, -0.1) is 11.3 Å². The second kappa shape index (κ2) is 5.70. The molecule has 0 radical (unpaired) electrons. The predicted molar refractivity (Wildman–Crippen MR) is 92.0 cm³/mol. The third-order valence-corrected chi connectivity index (χ3v) is 4.72. The van der Waals surface area contributed by atoms with Crippen LogP contribution >= 0.6 is 11.3 Å². The molecule has 24 heavy (non-hydrogen) atoms. The first-order valence-electron chi connectivity index (χ1n) is 7.37. The average Bonchev–Trinajstić information content (AvgIpc) is 2.72. The van der Waals surface area contributed by atoms with Gasteiger partial charge in [0.05, 0.1) is 10.3 Å². The van der Waals surface area contributed by atoms with Gasteiger partial charge >= 0.3 is 11.7 Å². The highest BCUT2D eigenvalue weighted by Crippen LogP contribution is 2.26. The summed E-state index contributed by atoms with van der Waals surface area (Å²) in [5.41, 5.74) is -3.10. The second-order valence-corrected chi connectivity index (χ2v) is 8.10. The second-order valence-electron chi connectivity index (χ2n) is 7.04. The quantitative estimate of drug-likeness (QED) is 0.672. The van der Waals surface area contributed by atoms with Gasteiger partial charge < -0.3 is 4.74 Å². The van der Waals surface area contributed by atoms with Crippen molar-refractivity contribution < 1.29 is 14.3 Å². The number of ether oxygens (including phenoxy) is 1. The summed E-state index contributed by atoms with van der Waals surface area (Å²) in [6.07, 6.45) is 0.640. The lowest BCUT2D eigenvalue weighted by Gasteiger charge is -2.29. The summed E-state index contributed by atoms with van der Waals surface area (Å²) in [4.78, 5) is 52.1. The number of carbonyl (C=O) groups is 2. The molecule has 0 spiro atoms. The Bertz CT molecular complexity index is 940. The van der Waals surface area contributed by atoms with Crippen molar-refractivity contribution in [2.75, 3.05) is 0 Å². The SMILES string of the molecule is Cc1c(C=O)sc2[nH]c(=O)n(C(C)(C)C(=O)OC(C)(C)C)c(=O)c12. The standard InChI is InChI=1S/C16H20N2O5S/c1-8-9(7-19)24-11-10(8)12(20)18(14(22)17-11)16(5,6)13(21)23-15(2,3)4/h7H,1-6H3,(H,17,22). The molecule has 0 aromatic carbocycles. The van der Waals surface area contributed by atoms with Crippen LogP contribution in [0.15, 0.2) is 9.59 Å². The molecule has 0 unspecified atom stereocenters. The number of rotatable bonds is 3. The molecule has 2 aromatic rings. The van der Waals surface area contributed by atoms with Gasteiger partial charge in [0, 0.05) is 0 Å². The van der Waals surface area contributed by atoms with Gasteiger partial charge in [-0.2, -0.15) is 0 Å². The summed E-state index contributed by atoms with van der Waals surface area (Å²) in [6.45, 7) is 9.65. The van der Waals surface area contributed by atoms with Gasteiger partial charge in [-0.05, 0) is 47.1 Å². The summed E-state index contributed by atoms with van der Waals surface area (Å²) < 4.78 is 6.18. The van der Waals surface area contributed by atoms with Gasteiger partial charge in [-0.25, -0.2) is 14.2 Å². The first kappa shape index (κ1) is 18.1. The Balaban J connectivity index is 2.75. The Kier molecular flexibility index (Phi) is 4.30. The van der Waals surface area contributed by atoms with Gasteiger partial charge in [0.25, 0.3) is 5.56 Å². The van der Waals surface area contributed by atoms with Crippen molar-refractivity contribution in [3.8, 4) is 0 Å². The lowest BCUT2D eigenvalue weighted by molar-refractivity contribution is -0.164. The zero-order valence-electron chi connectivity index (χ0n) is 14.5. The monoisotopic (exact) mass is 352 g/mol. The van der Waals surface area contributed by atoms with Crippen LogP contribution in [0.5, 0.6) is 0 Å². The number of aromatic amines is 1. The third kappa shape index (κ3) is 2.93. The highest BCUT2D eigenvalue weighted by molar-refractivity contribution is 7.20. The molecular weight excluding hydrogens is 332 g/mol. The molecule has 0 saturated carbocycles. The number of aromatic nitrogens is 2. The smallest absolute Gasteiger partial charge is 0.332 e. The molecule has 2 aromatic heterocycles. The summed E-state index contributed by atoms with van der Waals surface area (Å²) >= 11 is 1.04. The van der Waals surface area contributed by atoms with Gasteiger partial charge in [-0.1, -0.05) is 0 Å². The number of nitrogens with one attached hydrogen (secondary N) is 1. The van der Waals surface area contributed by atoms with Crippen molar-refractivity contribution >= 4 is 33.8 Å². The molecule has 0 saturated heterocycles. The molecule has 0 aliphatic rings. The van der Waals surface area contributed by atoms with Crippen molar-refractivity contribution in [3.05, 3.63) is 31.3 Å². The number of thiophene rings is 1. The number of hydrogen-bond donors (Lipinski definition) is 1. The van der Waals surface area contributed by atoms with E-state index in [1.807, 2.05) is 0 Å². The predicted octanol–water partition coefficient (Wildman–Crippen LogP) is 1.95. The average molecular weight is 352 g/mol. The minimum Gasteiger partial charge on any atom is -0.458 e. The zero-order chi connectivity index (χ0) is 18.4. The van der Waals surface area contributed by atoms with E-state index in [9.17, 15) is 19.2 Å². The molecule has 0 atom stereocenters. The summed E-state index contributed by atoms with van der Waals surface area (Å²) in [5.74, 6) is -0.689. The van der Waals surface area contributed by atoms with Crippen molar-refractivity contribution in [2.45, 2.75) is 52.7 Å². The number of carbonyl (C=O) groups excluding carboxylic acids is 2. The van der Waals surface area contributed by atoms with E-state index >= 15 is 0 Å². The fourth-order valence-corrected chi connectivity index (χ4v) is 3.35. The van der Waals surface area contributed by atoms with E-state index in [1.54, 1.807) is 27.7 Å². The minimum absolute atomic E-state index is 0.235. The van der Waals surface area contributed by atoms with Crippen LogP contribution in [0.1, 0.15) is 49.9 Å². The molecule has 1 N–H and O–H groups in total. The van der Waals surface area contributed by atoms with E-state index in [2.05, 4.69) is 4.98 Å². The molecule has 0 bridgehead atoms. The first-order chi connectivity index (χ1) is 10.9. The van der Waals surface area contributed by atoms with Crippen LogP contribution < -0.4 is 11.2 Å². The lowest BCUT2D eigenvalue weighted by Crippen LogP contribution is -2.52. The summed E-state index contributed by atoms with van der Waals surface area (Å²) in [6, 6.07) is 0. The van der Waals surface area contributed by atoms with Crippen LogP contribution in [-0.4, -0.2) is 27.4 Å². The van der Waals surface area contributed by atoms with Crippen LogP contribution in [0, 0.1) is 6.92 Å². The maximum atomic E-state index is 12.8. The number of fused-ring (bicyclic) bond motifs is 1. The van der Waals surface area contributed by atoms with Crippen molar-refractivity contribution in [3.63, 3.8) is 0 Å². The Morgan fingerprint density at radius 2 is 1.79 bits per heavy atom. The van der Waals surface area contributed by atoms with E-state index in [1.165, 1.54) is 13.8 Å². The number of nitrogens with zero attached hydrogens (tertiary/aromatic N) is 1. The van der Waals surface area contributed by atoms with E-state index in [4.69, 9.17) is 4.74 Å². The van der Waals surface area contributed by atoms with Crippen LogP contribution in [0.4, 0.5) is 0 Å². The topological polar surface area (TPSA) is 98.2 Å². The van der Waals surface area contributed by atoms with Crippen molar-refractivity contribution in [1.29, 1.82) is 0 Å². The summed E-state index contributed by atoms with van der Waals surface area (Å²) in [5, 5.41) is 0.235. The normalized spacial score (nSPS) is 12.4. The van der Waals surface area contributed by atoms with Gasteiger partial charge in [0.2, 0.25) is 0 Å². The third-order valence-electron chi connectivity index (χ3n) is 3.59. The van der Waals surface area contributed by atoms with Crippen LogP contribution in [0.2, 0.25) is 0 Å². The molecule has 2 rings (SSSR count). The van der Waals surface area contributed by atoms with Gasteiger partial charge in [0.15, 0.2) is 6.29 Å². The fourth-order valence-electron chi connectivity index (χ4n) is 2.35. The molecule has 0 fully saturated rings. The molecular formula is C16H20N2O5S. The molecule has 0 amide bonds. The Hall–Kier alpha value is -2.22. The Morgan fingerprint density at radius 1 is 1.21 bits per heavy atom. The zero-order valence-corrected chi connectivity index (χ0v) is 15.3. The Labute approximate surface area is 142 Å². The highest BCUT2D eigenvalue weighted by Gasteiger charge is 2.37. The summed E-state index contributed by atoms with van der Waals surface area (Å²) in [7, 11) is 0. The fraction of sp³-hybridized carbons (Fsp3) is 0.500. The van der Waals surface area contributed by atoms with Gasteiger partial charge in [-0.3, -0.25) is 14.6 Å². The number of aryl methyl sites for hydroxylation is 1. The number of esters is 1. The minimum atomic E-state index is -1.50. The van der Waals surface area contributed by atoms with Gasteiger partial charge in [0.1, 0.15) is 16.0 Å². The van der Waals surface area contributed by atoms with E-state index in [-0.39, 0.29) is 5.39 Å². The van der Waals surface area contributed by atoms with Crippen LogP contribution in [0.3, 0.4) is 0 Å². The maximum Gasteiger partial charge on any atom is 0.332 e. The molecule has 7 nitrogen and oxygen atoms in total. The first-order valence-corrected chi connectivity index (χ1v) is 8.19. The lowest BCUT2D eigenvalue weighted by atomic mass is 10.0. The molecule has 2 heterocycles.